The van der Waals surface area contributed by atoms with Gasteiger partial charge in [0, 0.05) is 18.1 Å². The van der Waals surface area contributed by atoms with Crippen molar-refractivity contribution in [1.82, 2.24) is 9.78 Å². The number of rotatable bonds is 4. The van der Waals surface area contributed by atoms with E-state index in [4.69, 9.17) is 16.3 Å². The number of Topliss-reactive ketones (excluding diaryl/α,β-unsaturated/α-hetero) is 1. The second-order valence-corrected chi connectivity index (χ2v) is 6.15. The largest absolute Gasteiger partial charge is 0.451 e. The van der Waals surface area contributed by atoms with Crippen LogP contribution in [0.15, 0.2) is 30.3 Å². The third-order valence-electron chi connectivity index (χ3n) is 4.01. The van der Waals surface area contributed by atoms with Crippen molar-refractivity contribution >= 4 is 29.4 Å². The van der Waals surface area contributed by atoms with Gasteiger partial charge in [0.1, 0.15) is 11.0 Å². The molecule has 0 spiro atoms. The van der Waals surface area contributed by atoms with E-state index in [0.29, 0.717) is 34.9 Å². The summed E-state index contributed by atoms with van der Waals surface area (Å²) in [6.07, 6.45) is 3.87. The van der Waals surface area contributed by atoms with Gasteiger partial charge in [0.2, 0.25) is 0 Å². The number of esters is 1. The van der Waals surface area contributed by atoms with Crippen LogP contribution >= 0.6 is 11.6 Å². The maximum absolute atomic E-state index is 13.0. The van der Waals surface area contributed by atoms with E-state index in [2.05, 4.69) is 5.10 Å². The number of ketones is 1. The van der Waals surface area contributed by atoms with Gasteiger partial charge in [-0.15, -0.1) is 0 Å². The number of carbonyl (C=O) groups is 2. The summed E-state index contributed by atoms with van der Waals surface area (Å²) in [7, 11) is 0. The standard InChI is InChI=1S/C18H16ClFN2O3/c1-11-14(9-10-17(24)25-16-4-2-3-15(16)23)18(19)22(21-11)13-7-5-12(20)6-8-13/h5-10,16H,2-4H2,1H3/b10-9+/t16-/m1/s1. The first kappa shape index (κ1) is 17.4. The number of aromatic nitrogens is 2. The first-order valence-electron chi connectivity index (χ1n) is 7.88. The maximum Gasteiger partial charge on any atom is 0.331 e. The average Bonchev–Trinajstić information content (AvgIpc) is 3.10. The minimum atomic E-state index is -0.643. The second kappa shape index (κ2) is 7.19. The third-order valence-corrected chi connectivity index (χ3v) is 4.38. The Morgan fingerprint density at radius 2 is 2.12 bits per heavy atom. The molecule has 0 radical (unpaired) electrons. The molecule has 7 heteroatoms. The molecule has 0 unspecified atom stereocenters. The normalized spacial score (nSPS) is 17.4. The Morgan fingerprint density at radius 1 is 1.40 bits per heavy atom. The number of benzene rings is 1. The topological polar surface area (TPSA) is 61.2 Å². The van der Waals surface area contributed by atoms with Crippen LogP contribution in [0.1, 0.15) is 30.5 Å². The number of nitrogens with zero attached hydrogens (tertiary/aromatic N) is 2. The van der Waals surface area contributed by atoms with E-state index in [1.165, 1.54) is 29.0 Å². The smallest absolute Gasteiger partial charge is 0.331 e. The highest BCUT2D eigenvalue weighted by atomic mass is 35.5. The number of carbonyl (C=O) groups excluding carboxylic acids is 2. The summed E-state index contributed by atoms with van der Waals surface area (Å²) in [6, 6.07) is 5.74. The monoisotopic (exact) mass is 362 g/mol. The van der Waals surface area contributed by atoms with Gasteiger partial charge in [-0.3, -0.25) is 4.79 Å². The van der Waals surface area contributed by atoms with Gasteiger partial charge in [-0.25, -0.2) is 13.9 Å². The van der Waals surface area contributed by atoms with Gasteiger partial charge in [-0.05, 0) is 50.1 Å². The molecule has 0 amide bonds. The molecule has 1 aliphatic carbocycles. The molecule has 2 aromatic rings. The SMILES string of the molecule is Cc1nn(-c2ccc(F)cc2)c(Cl)c1/C=C/C(=O)O[C@@H]1CCCC1=O. The zero-order valence-corrected chi connectivity index (χ0v) is 14.3. The Balaban J connectivity index is 1.77. The van der Waals surface area contributed by atoms with Gasteiger partial charge in [-0.1, -0.05) is 11.6 Å². The summed E-state index contributed by atoms with van der Waals surface area (Å²) in [5.74, 6) is -0.988. The maximum atomic E-state index is 13.0. The van der Waals surface area contributed by atoms with Crippen LogP contribution in [0.25, 0.3) is 11.8 Å². The van der Waals surface area contributed by atoms with Crippen LogP contribution in [0.2, 0.25) is 5.15 Å². The fourth-order valence-electron chi connectivity index (χ4n) is 2.69. The zero-order valence-electron chi connectivity index (χ0n) is 13.5. The molecule has 0 saturated heterocycles. The summed E-state index contributed by atoms with van der Waals surface area (Å²) in [5.41, 5.74) is 1.77. The Hall–Kier alpha value is -2.47. The number of halogens is 2. The third kappa shape index (κ3) is 3.79. The molecule has 25 heavy (non-hydrogen) atoms. The van der Waals surface area contributed by atoms with E-state index < -0.39 is 12.1 Å². The number of hydrogen-bond acceptors (Lipinski definition) is 4. The number of hydrogen-bond donors (Lipinski definition) is 0. The molecule has 1 heterocycles. The lowest BCUT2D eigenvalue weighted by Crippen LogP contribution is -2.20. The first-order valence-corrected chi connectivity index (χ1v) is 8.26. The summed E-state index contributed by atoms with van der Waals surface area (Å²) in [5, 5.41) is 4.60. The Labute approximate surface area is 149 Å². The van der Waals surface area contributed by atoms with E-state index in [-0.39, 0.29) is 11.6 Å². The van der Waals surface area contributed by atoms with Gasteiger partial charge < -0.3 is 4.74 Å². The number of ether oxygens (including phenoxy) is 1. The lowest BCUT2D eigenvalue weighted by atomic mass is 10.2. The fourth-order valence-corrected chi connectivity index (χ4v) is 3.03. The van der Waals surface area contributed by atoms with Crippen molar-refractivity contribution in [1.29, 1.82) is 0 Å². The molecule has 0 bridgehead atoms. The second-order valence-electron chi connectivity index (χ2n) is 5.80. The Kier molecular flexibility index (Phi) is 4.99. The molecule has 0 N–H and O–H groups in total. The van der Waals surface area contributed by atoms with Crippen molar-refractivity contribution in [3.05, 3.63) is 52.6 Å². The molecular formula is C18H16ClFN2O3. The quantitative estimate of drug-likeness (QED) is 0.615. The minimum Gasteiger partial charge on any atom is -0.451 e. The van der Waals surface area contributed by atoms with E-state index in [9.17, 15) is 14.0 Å². The van der Waals surface area contributed by atoms with Crippen molar-refractivity contribution in [2.45, 2.75) is 32.3 Å². The summed E-state index contributed by atoms with van der Waals surface area (Å²) >= 11 is 6.33. The van der Waals surface area contributed by atoms with Gasteiger partial charge in [-0.2, -0.15) is 5.10 Å². The molecule has 1 saturated carbocycles. The molecule has 1 atom stereocenters. The van der Waals surface area contributed by atoms with Gasteiger partial charge in [0.15, 0.2) is 11.9 Å². The Morgan fingerprint density at radius 3 is 2.76 bits per heavy atom. The van der Waals surface area contributed by atoms with Gasteiger partial charge in [0.25, 0.3) is 0 Å². The van der Waals surface area contributed by atoms with Crippen LogP contribution in [0.3, 0.4) is 0 Å². The first-order chi connectivity index (χ1) is 12.0. The summed E-state index contributed by atoms with van der Waals surface area (Å²) in [4.78, 5) is 23.4. The molecule has 1 aromatic heterocycles. The highest BCUT2D eigenvalue weighted by Gasteiger charge is 2.27. The van der Waals surface area contributed by atoms with Crippen LogP contribution in [-0.2, 0) is 14.3 Å². The molecule has 0 aliphatic heterocycles. The van der Waals surface area contributed by atoms with Crippen molar-refractivity contribution in [2.75, 3.05) is 0 Å². The van der Waals surface area contributed by atoms with E-state index in [0.717, 1.165) is 6.42 Å². The Bertz CT molecular complexity index is 843. The van der Waals surface area contributed by atoms with Crippen LogP contribution in [0, 0.1) is 12.7 Å². The van der Waals surface area contributed by atoms with Crippen molar-refractivity contribution in [3.63, 3.8) is 0 Å². The number of aryl methyl sites for hydroxylation is 1. The highest BCUT2D eigenvalue weighted by molar-refractivity contribution is 6.31. The molecule has 5 nitrogen and oxygen atoms in total. The van der Waals surface area contributed by atoms with Crippen molar-refractivity contribution < 1.29 is 18.7 Å². The molecule has 1 fully saturated rings. The molecular weight excluding hydrogens is 347 g/mol. The van der Waals surface area contributed by atoms with E-state index in [1.54, 1.807) is 19.1 Å². The van der Waals surface area contributed by atoms with Gasteiger partial charge >= 0.3 is 5.97 Å². The van der Waals surface area contributed by atoms with E-state index >= 15 is 0 Å². The van der Waals surface area contributed by atoms with Gasteiger partial charge in [0.05, 0.1) is 11.4 Å². The molecule has 3 rings (SSSR count). The highest BCUT2D eigenvalue weighted by Crippen LogP contribution is 2.25. The van der Waals surface area contributed by atoms with Crippen molar-refractivity contribution in [3.8, 4) is 5.69 Å². The zero-order chi connectivity index (χ0) is 18.0. The van der Waals surface area contributed by atoms with Crippen LogP contribution in [0.4, 0.5) is 4.39 Å². The minimum absolute atomic E-state index is 0.0416. The fraction of sp³-hybridized carbons (Fsp3) is 0.278. The summed E-state index contributed by atoms with van der Waals surface area (Å²) < 4.78 is 19.6. The average molecular weight is 363 g/mol. The summed E-state index contributed by atoms with van der Waals surface area (Å²) in [6.45, 7) is 1.75. The molecule has 1 aliphatic rings. The van der Waals surface area contributed by atoms with Crippen molar-refractivity contribution in [2.24, 2.45) is 0 Å². The lowest BCUT2D eigenvalue weighted by molar-refractivity contribution is -0.148. The van der Waals surface area contributed by atoms with Crippen LogP contribution in [-0.4, -0.2) is 27.6 Å². The van der Waals surface area contributed by atoms with Crippen LogP contribution in [0.5, 0.6) is 0 Å². The molecule has 130 valence electrons. The van der Waals surface area contributed by atoms with E-state index in [1.807, 2.05) is 0 Å². The predicted molar refractivity (Wildman–Crippen MR) is 91.0 cm³/mol. The molecule has 1 aromatic carbocycles. The lowest BCUT2D eigenvalue weighted by Gasteiger charge is -2.07. The van der Waals surface area contributed by atoms with Crippen LogP contribution < -0.4 is 0 Å². The predicted octanol–water partition coefficient (Wildman–Crippen LogP) is 3.65.